The van der Waals surface area contributed by atoms with Crippen molar-refractivity contribution >= 4 is 27.9 Å². The molecule has 0 fully saturated rings. The normalized spacial score (nSPS) is 11.8. The molecule has 0 aromatic heterocycles. The highest BCUT2D eigenvalue weighted by molar-refractivity contribution is 9.10. The van der Waals surface area contributed by atoms with Crippen LogP contribution in [0.15, 0.2) is 58.6 Å². The van der Waals surface area contributed by atoms with Crippen LogP contribution in [0, 0.1) is 22.7 Å². The molecular weight excluding hydrogens is 394 g/mol. The second-order valence-corrected chi connectivity index (χ2v) is 6.27. The zero-order chi connectivity index (χ0) is 18.9. The van der Waals surface area contributed by atoms with E-state index in [1.54, 1.807) is 18.2 Å². The Labute approximate surface area is 160 Å². The molecule has 1 amide bonds. The third kappa shape index (κ3) is 5.20. The minimum atomic E-state index is -0.440. The number of nitrogens with one attached hydrogen (secondary N) is 1. The van der Waals surface area contributed by atoms with Crippen molar-refractivity contribution in [3.8, 4) is 17.9 Å². The van der Waals surface area contributed by atoms with Gasteiger partial charge in [0.1, 0.15) is 23.5 Å². The molecule has 0 heterocycles. The van der Waals surface area contributed by atoms with E-state index in [2.05, 4.69) is 21.2 Å². The second kappa shape index (κ2) is 9.41. The summed E-state index contributed by atoms with van der Waals surface area (Å²) in [6.07, 6.45) is 1.51. The van der Waals surface area contributed by atoms with E-state index in [-0.39, 0.29) is 18.2 Å². The third-order valence-electron chi connectivity index (χ3n) is 3.57. The quantitative estimate of drug-likeness (QED) is 0.573. The number of rotatable bonds is 6. The molecule has 0 unspecified atom stereocenters. The van der Waals surface area contributed by atoms with Gasteiger partial charge >= 0.3 is 0 Å². The number of carbonyl (C=O) groups is 1. The van der Waals surface area contributed by atoms with E-state index in [0.717, 1.165) is 5.56 Å². The molecule has 0 spiro atoms. The zero-order valence-electron chi connectivity index (χ0n) is 14.1. The Hall–Kier alpha value is -3.09. The molecule has 0 bridgehead atoms. The highest BCUT2D eigenvalue weighted by atomic mass is 79.9. The Morgan fingerprint density at radius 2 is 2.00 bits per heavy atom. The van der Waals surface area contributed by atoms with Crippen LogP contribution in [0.1, 0.15) is 24.1 Å². The number of hydrogen-bond donors (Lipinski definition) is 1. The molecule has 2 rings (SSSR count). The van der Waals surface area contributed by atoms with Crippen LogP contribution in [0.3, 0.4) is 0 Å². The van der Waals surface area contributed by atoms with Crippen LogP contribution < -0.4 is 10.1 Å². The number of nitrogens with zero attached hydrogens (tertiary/aromatic N) is 2. The Kier molecular flexibility index (Phi) is 6.96. The van der Waals surface area contributed by atoms with E-state index in [4.69, 9.17) is 10.00 Å². The van der Waals surface area contributed by atoms with Gasteiger partial charge in [-0.3, -0.25) is 4.79 Å². The summed E-state index contributed by atoms with van der Waals surface area (Å²) >= 11 is 3.35. The summed E-state index contributed by atoms with van der Waals surface area (Å²) < 4.78 is 5.88. The average Bonchev–Trinajstić information content (AvgIpc) is 2.66. The van der Waals surface area contributed by atoms with E-state index in [1.807, 2.05) is 49.4 Å². The van der Waals surface area contributed by atoms with Crippen molar-refractivity contribution in [3.63, 3.8) is 0 Å². The Bertz CT molecular complexity index is 896. The van der Waals surface area contributed by atoms with Crippen LogP contribution in [0.5, 0.6) is 5.75 Å². The van der Waals surface area contributed by atoms with E-state index >= 15 is 0 Å². The molecule has 0 aliphatic rings. The molecule has 130 valence electrons. The number of nitriles is 2. The van der Waals surface area contributed by atoms with Gasteiger partial charge in [0.15, 0.2) is 6.61 Å². The topological polar surface area (TPSA) is 85.9 Å². The summed E-state index contributed by atoms with van der Waals surface area (Å²) in [5.41, 5.74) is 1.63. The SMILES string of the molecule is C[C@@H](NC(=O)/C(C#N)=C/c1ccc(OCC#N)c(Br)c1)c1ccccc1. The summed E-state index contributed by atoms with van der Waals surface area (Å²) in [4.78, 5) is 12.4. The lowest BCUT2D eigenvalue weighted by Crippen LogP contribution is -2.27. The Morgan fingerprint density at radius 1 is 1.27 bits per heavy atom. The lowest BCUT2D eigenvalue weighted by molar-refractivity contribution is -0.117. The highest BCUT2D eigenvalue weighted by Crippen LogP contribution is 2.27. The van der Waals surface area contributed by atoms with Gasteiger partial charge in [0.2, 0.25) is 0 Å². The summed E-state index contributed by atoms with van der Waals surface area (Å²) in [5.74, 6) is 0.0779. The number of halogens is 1. The maximum Gasteiger partial charge on any atom is 0.262 e. The number of carbonyl (C=O) groups excluding carboxylic acids is 1. The molecule has 0 saturated heterocycles. The summed E-state index contributed by atoms with van der Waals surface area (Å²) in [5, 5.41) is 20.7. The van der Waals surface area contributed by atoms with E-state index in [9.17, 15) is 10.1 Å². The molecule has 6 heteroatoms. The fraction of sp³-hybridized carbons (Fsp3) is 0.150. The van der Waals surface area contributed by atoms with Crippen molar-refractivity contribution < 1.29 is 9.53 Å². The van der Waals surface area contributed by atoms with Crippen molar-refractivity contribution in [1.29, 1.82) is 10.5 Å². The molecule has 2 aromatic carbocycles. The monoisotopic (exact) mass is 409 g/mol. The first-order valence-corrected chi connectivity index (χ1v) is 8.61. The van der Waals surface area contributed by atoms with Crippen molar-refractivity contribution in [2.24, 2.45) is 0 Å². The maximum absolute atomic E-state index is 12.4. The van der Waals surface area contributed by atoms with Crippen LogP contribution in [0.4, 0.5) is 0 Å². The predicted molar refractivity (Wildman–Crippen MR) is 102 cm³/mol. The largest absolute Gasteiger partial charge is 0.478 e. The molecule has 0 aliphatic heterocycles. The molecule has 0 radical (unpaired) electrons. The minimum absolute atomic E-state index is 0.00498. The lowest BCUT2D eigenvalue weighted by atomic mass is 10.1. The van der Waals surface area contributed by atoms with Gasteiger partial charge in [0.05, 0.1) is 10.5 Å². The van der Waals surface area contributed by atoms with Crippen LogP contribution >= 0.6 is 15.9 Å². The van der Waals surface area contributed by atoms with Crippen LogP contribution in [-0.2, 0) is 4.79 Å². The van der Waals surface area contributed by atoms with Gasteiger partial charge in [0.25, 0.3) is 5.91 Å². The minimum Gasteiger partial charge on any atom is -0.478 e. The van der Waals surface area contributed by atoms with Gasteiger partial charge in [-0.15, -0.1) is 0 Å². The predicted octanol–water partition coefficient (Wildman–Crippen LogP) is 4.14. The van der Waals surface area contributed by atoms with E-state index < -0.39 is 5.91 Å². The molecule has 0 saturated carbocycles. The number of ether oxygens (including phenoxy) is 1. The molecule has 2 aromatic rings. The van der Waals surface area contributed by atoms with E-state index in [0.29, 0.717) is 15.8 Å². The van der Waals surface area contributed by atoms with Gasteiger partial charge in [-0.2, -0.15) is 10.5 Å². The lowest BCUT2D eigenvalue weighted by Gasteiger charge is -2.13. The van der Waals surface area contributed by atoms with E-state index in [1.165, 1.54) is 6.08 Å². The van der Waals surface area contributed by atoms with Gasteiger partial charge in [-0.1, -0.05) is 36.4 Å². The van der Waals surface area contributed by atoms with Crippen molar-refractivity contribution in [1.82, 2.24) is 5.32 Å². The van der Waals surface area contributed by atoms with Crippen LogP contribution in [0.2, 0.25) is 0 Å². The molecule has 5 nitrogen and oxygen atoms in total. The Balaban J connectivity index is 2.14. The van der Waals surface area contributed by atoms with Crippen molar-refractivity contribution in [3.05, 3.63) is 69.7 Å². The second-order valence-electron chi connectivity index (χ2n) is 5.41. The number of benzene rings is 2. The van der Waals surface area contributed by atoms with Crippen LogP contribution in [-0.4, -0.2) is 12.5 Å². The number of hydrogen-bond acceptors (Lipinski definition) is 4. The average molecular weight is 410 g/mol. The third-order valence-corrected chi connectivity index (χ3v) is 4.19. The Morgan fingerprint density at radius 3 is 2.62 bits per heavy atom. The molecule has 26 heavy (non-hydrogen) atoms. The first-order valence-electron chi connectivity index (χ1n) is 7.82. The summed E-state index contributed by atoms with van der Waals surface area (Å²) in [7, 11) is 0. The molecular formula is C20H16BrN3O2. The zero-order valence-corrected chi connectivity index (χ0v) is 15.7. The van der Waals surface area contributed by atoms with Gasteiger partial charge in [-0.05, 0) is 52.2 Å². The first kappa shape index (κ1) is 19.2. The standard InChI is InChI=1S/C20H16BrN3O2/c1-14(16-5-3-2-4-6-16)24-20(25)17(13-23)11-15-7-8-19(18(21)12-15)26-10-9-22/h2-8,11-12,14H,10H2,1H3,(H,24,25)/b17-11+/t14-/m1/s1. The maximum atomic E-state index is 12.4. The van der Waals surface area contributed by atoms with Crippen molar-refractivity contribution in [2.75, 3.05) is 6.61 Å². The van der Waals surface area contributed by atoms with Gasteiger partial charge in [-0.25, -0.2) is 0 Å². The fourth-order valence-corrected chi connectivity index (χ4v) is 2.76. The summed E-state index contributed by atoms with van der Waals surface area (Å²) in [6.45, 7) is 1.80. The molecule has 1 atom stereocenters. The number of amides is 1. The van der Waals surface area contributed by atoms with Gasteiger partial charge in [0, 0.05) is 0 Å². The first-order chi connectivity index (χ1) is 12.5. The highest BCUT2D eigenvalue weighted by Gasteiger charge is 2.14. The molecule has 0 aliphatic carbocycles. The van der Waals surface area contributed by atoms with Crippen LogP contribution in [0.25, 0.3) is 6.08 Å². The smallest absolute Gasteiger partial charge is 0.262 e. The van der Waals surface area contributed by atoms with Crippen molar-refractivity contribution in [2.45, 2.75) is 13.0 Å². The summed E-state index contributed by atoms with van der Waals surface area (Å²) in [6, 6.07) is 18.2. The fourth-order valence-electron chi connectivity index (χ4n) is 2.25. The van der Waals surface area contributed by atoms with Gasteiger partial charge < -0.3 is 10.1 Å². The molecule has 1 N–H and O–H groups in total.